The van der Waals surface area contributed by atoms with E-state index in [9.17, 15) is 0 Å². The fourth-order valence-corrected chi connectivity index (χ4v) is 3.38. The second-order valence-electron chi connectivity index (χ2n) is 4.19. The number of aromatic nitrogens is 1. The van der Waals surface area contributed by atoms with Gasteiger partial charge in [-0.3, -0.25) is 0 Å². The first-order chi connectivity index (χ1) is 9.13. The molecule has 0 saturated carbocycles. The van der Waals surface area contributed by atoms with Gasteiger partial charge >= 0.3 is 0 Å². The number of fused-ring (bicyclic) bond motifs is 1. The van der Waals surface area contributed by atoms with Crippen LogP contribution in [-0.2, 0) is 0 Å². The SMILES string of the molecule is Cc1cccc(Nc2nc3cc(Br)ccc3s2)c1Br. The van der Waals surface area contributed by atoms with Gasteiger partial charge in [0.25, 0.3) is 0 Å². The highest BCUT2D eigenvalue weighted by molar-refractivity contribution is 9.11. The summed E-state index contributed by atoms with van der Waals surface area (Å²) in [5.41, 5.74) is 3.25. The molecule has 2 aromatic carbocycles. The van der Waals surface area contributed by atoms with Crippen molar-refractivity contribution in [3.63, 3.8) is 0 Å². The van der Waals surface area contributed by atoms with E-state index in [0.717, 1.165) is 25.3 Å². The standard InChI is InChI=1S/C14H10Br2N2S/c1-8-3-2-4-10(13(8)16)17-14-18-11-7-9(15)5-6-12(11)19-14/h2-7H,1H3,(H,17,18). The van der Waals surface area contributed by atoms with Gasteiger partial charge < -0.3 is 5.32 Å². The highest BCUT2D eigenvalue weighted by Crippen LogP contribution is 2.33. The van der Waals surface area contributed by atoms with Gasteiger partial charge in [-0.25, -0.2) is 4.98 Å². The van der Waals surface area contributed by atoms with Crippen molar-refractivity contribution >= 4 is 64.2 Å². The normalized spacial score (nSPS) is 10.9. The maximum Gasteiger partial charge on any atom is 0.188 e. The molecule has 0 atom stereocenters. The topological polar surface area (TPSA) is 24.9 Å². The Morgan fingerprint density at radius 2 is 2.00 bits per heavy atom. The second-order valence-corrected chi connectivity index (χ2v) is 6.93. The molecule has 3 rings (SSSR count). The summed E-state index contributed by atoms with van der Waals surface area (Å²) < 4.78 is 3.30. The third-order valence-corrected chi connectivity index (χ3v) is 5.28. The second kappa shape index (κ2) is 5.23. The fourth-order valence-electron chi connectivity index (χ4n) is 1.81. The van der Waals surface area contributed by atoms with Crippen LogP contribution in [-0.4, -0.2) is 4.98 Å². The van der Waals surface area contributed by atoms with E-state index in [1.54, 1.807) is 11.3 Å². The van der Waals surface area contributed by atoms with E-state index in [2.05, 4.69) is 61.2 Å². The van der Waals surface area contributed by atoms with Crippen LogP contribution in [0.5, 0.6) is 0 Å². The van der Waals surface area contributed by atoms with Crippen LogP contribution >= 0.6 is 43.2 Å². The van der Waals surface area contributed by atoms with Crippen LogP contribution in [0.4, 0.5) is 10.8 Å². The number of nitrogens with one attached hydrogen (secondary N) is 1. The highest BCUT2D eigenvalue weighted by Gasteiger charge is 2.07. The zero-order valence-electron chi connectivity index (χ0n) is 10.1. The molecule has 1 aromatic heterocycles. The minimum atomic E-state index is 0.902. The number of hydrogen-bond acceptors (Lipinski definition) is 3. The van der Waals surface area contributed by atoms with Crippen LogP contribution < -0.4 is 5.32 Å². The molecule has 5 heteroatoms. The molecule has 1 N–H and O–H groups in total. The van der Waals surface area contributed by atoms with Gasteiger partial charge in [-0.2, -0.15) is 0 Å². The molecule has 0 saturated heterocycles. The Kier molecular flexibility index (Phi) is 3.60. The van der Waals surface area contributed by atoms with Crippen molar-refractivity contribution < 1.29 is 0 Å². The molecule has 1 heterocycles. The third-order valence-electron chi connectivity index (χ3n) is 2.78. The van der Waals surface area contributed by atoms with Gasteiger partial charge in [0, 0.05) is 8.95 Å². The number of thiazole rings is 1. The lowest BCUT2D eigenvalue weighted by Crippen LogP contribution is -1.91. The molecule has 0 amide bonds. The summed E-state index contributed by atoms with van der Waals surface area (Å²) in [6, 6.07) is 12.3. The van der Waals surface area contributed by atoms with Crippen LogP contribution in [0, 0.1) is 6.92 Å². The summed E-state index contributed by atoms with van der Waals surface area (Å²) in [7, 11) is 0. The molecule has 19 heavy (non-hydrogen) atoms. The van der Waals surface area contributed by atoms with Gasteiger partial charge in [-0.1, -0.05) is 39.4 Å². The molecule has 0 fully saturated rings. The summed E-state index contributed by atoms with van der Waals surface area (Å²) in [6.07, 6.45) is 0. The molecule has 0 radical (unpaired) electrons. The molecule has 0 spiro atoms. The third kappa shape index (κ3) is 2.68. The van der Waals surface area contributed by atoms with E-state index in [4.69, 9.17) is 0 Å². The minimum absolute atomic E-state index is 0.902. The number of halogens is 2. The van der Waals surface area contributed by atoms with Crippen molar-refractivity contribution in [1.29, 1.82) is 0 Å². The van der Waals surface area contributed by atoms with E-state index in [0.29, 0.717) is 0 Å². The van der Waals surface area contributed by atoms with Crippen LogP contribution in [0.3, 0.4) is 0 Å². The Labute approximate surface area is 132 Å². The van der Waals surface area contributed by atoms with Crippen LogP contribution in [0.15, 0.2) is 45.3 Å². The molecule has 0 aliphatic rings. The Bertz CT molecular complexity index is 752. The van der Waals surface area contributed by atoms with Gasteiger partial charge in [-0.15, -0.1) is 0 Å². The number of anilines is 2. The molecule has 0 bridgehead atoms. The van der Waals surface area contributed by atoms with Gasteiger partial charge in [0.05, 0.1) is 15.9 Å². The van der Waals surface area contributed by atoms with Gasteiger partial charge in [0.15, 0.2) is 5.13 Å². The van der Waals surface area contributed by atoms with Crippen molar-refractivity contribution in [2.24, 2.45) is 0 Å². The van der Waals surface area contributed by atoms with Crippen molar-refractivity contribution in [2.45, 2.75) is 6.92 Å². The molecule has 0 unspecified atom stereocenters. The molecule has 96 valence electrons. The first-order valence-corrected chi connectivity index (χ1v) is 8.12. The first-order valence-electron chi connectivity index (χ1n) is 5.72. The van der Waals surface area contributed by atoms with Crippen molar-refractivity contribution in [2.75, 3.05) is 5.32 Å². The van der Waals surface area contributed by atoms with Crippen LogP contribution in [0.1, 0.15) is 5.56 Å². The van der Waals surface area contributed by atoms with E-state index in [-0.39, 0.29) is 0 Å². The van der Waals surface area contributed by atoms with Gasteiger partial charge in [0.2, 0.25) is 0 Å². The Hall–Kier alpha value is -0.910. The number of rotatable bonds is 2. The van der Waals surface area contributed by atoms with Crippen molar-refractivity contribution in [1.82, 2.24) is 4.98 Å². The number of benzene rings is 2. The summed E-state index contributed by atoms with van der Waals surface area (Å²) in [5.74, 6) is 0. The minimum Gasteiger partial charge on any atom is -0.331 e. The summed E-state index contributed by atoms with van der Waals surface area (Å²) in [4.78, 5) is 4.60. The summed E-state index contributed by atoms with van der Waals surface area (Å²) in [6.45, 7) is 2.07. The summed E-state index contributed by atoms with van der Waals surface area (Å²) >= 11 is 8.72. The van der Waals surface area contributed by atoms with E-state index < -0.39 is 0 Å². The lowest BCUT2D eigenvalue weighted by atomic mass is 10.2. The summed E-state index contributed by atoms with van der Waals surface area (Å²) in [5, 5.41) is 4.27. The van der Waals surface area contributed by atoms with Crippen molar-refractivity contribution in [3.05, 3.63) is 50.9 Å². The predicted molar refractivity (Wildman–Crippen MR) is 89.5 cm³/mol. The lowest BCUT2D eigenvalue weighted by Gasteiger charge is -2.07. The monoisotopic (exact) mass is 396 g/mol. The Morgan fingerprint density at radius 3 is 2.84 bits per heavy atom. The number of aryl methyl sites for hydroxylation is 1. The molecular weight excluding hydrogens is 388 g/mol. The van der Waals surface area contributed by atoms with Crippen LogP contribution in [0.25, 0.3) is 10.2 Å². The predicted octanol–water partition coefficient (Wildman–Crippen LogP) is 5.87. The average Bonchev–Trinajstić information content (AvgIpc) is 2.76. The molecule has 2 nitrogen and oxygen atoms in total. The molecule has 0 aliphatic heterocycles. The first kappa shape index (κ1) is 13.1. The molecular formula is C14H10Br2N2S. The van der Waals surface area contributed by atoms with Crippen LogP contribution in [0.2, 0.25) is 0 Å². The molecule has 3 aromatic rings. The maximum atomic E-state index is 4.60. The Balaban J connectivity index is 1.99. The largest absolute Gasteiger partial charge is 0.331 e. The maximum absolute atomic E-state index is 4.60. The smallest absolute Gasteiger partial charge is 0.188 e. The van der Waals surface area contributed by atoms with E-state index in [1.165, 1.54) is 10.3 Å². The highest BCUT2D eigenvalue weighted by atomic mass is 79.9. The number of hydrogen-bond donors (Lipinski definition) is 1. The zero-order chi connectivity index (χ0) is 13.4. The van der Waals surface area contributed by atoms with E-state index in [1.807, 2.05) is 24.3 Å². The lowest BCUT2D eigenvalue weighted by molar-refractivity contribution is 1.39. The number of nitrogens with zero attached hydrogens (tertiary/aromatic N) is 1. The average molecular weight is 398 g/mol. The van der Waals surface area contributed by atoms with Gasteiger partial charge in [-0.05, 0) is 52.7 Å². The van der Waals surface area contributed by atoms with Crippen molar-refractivity contribution in [3.8, 4) is 0 Å². The quantitative estimate of drug-likeness (QED) is 0.584. The Morgan fingerprint density at radius 1 is 1.16 bits per heavy atom. The zero-order valence-corrected chi connectivity index (χ0v) is 14.1. The van der Waals surface area contributed by atoms with Gasteiger partial charge in [0.1, 0.15) is 0 Å². The van der Waals surface area contributed by atoms with E-state index >= 15 is 0 Å². The fraction of sp³-hybridized carbons (Fsp3) is 0.0714. The molecule has 0 aliphatic carbocycles.